The average molecular weight is 236 g/mol. The van der Waals surface area contributed by atoms with E-state index in [-0.39, 0.29) is 5.82 Å². The van der Waals surface area contributed by atoms with Crippen molar-refractivity contribution in [2.75, 3.05) is 23.5 Å². The molecular formula is C12H13FN2S. The van der Waals surface area contributed by atoms with Crippen LogP contribution in [0.4, 0.5) is 10.1 Å². The molecule has 84 valence electrons. The first-order valence-electron chi connectivity index (χ1n) is 5.22. The van der Waals surface area contributed by atoms with Gasteiger partial charge in [0.1, 0.15) is 5.82 Å². The number of benzene rings is 1. The molecule has 16 heavy (non-hydrogen) atoms. The van der Waals surface area contributed by atoms with E-state index < -0.39 is 0 Å². The fraction of sp³-hybridized carbons (Fsp3) is 0.417. The summed E-state index contributed by atoms with van der Waals surface area (Å²) in [5.41, 5.74) is 1.18. The van der Waals surface area contributed by atoms with E-state index in [2.05, 4.69) is 4.90 Å². The first-order valence-corrected chi connectivity index (χ1v) is 6.37. The number of anilines is 1. The minimum Gasteiger partial charge on any atom is -0.371 e. The molecule has 0 aromatic heterocycles. The lowest BCUT2D eigenvalue weighted by atomic mass is 10.1. The van der Waals surface area contributed by atoms with Gasteiger partial charge in [0.15, 0.2) is 0 Å². The molecule has 1 aliphatic heterocycles. The highest BCUT2D eigenvalue weighted by molar-refractivity contribution is 7.99. The SMILES string of the molecule is CN(c1cc(F)cc(C#N)c1)C1CCSC1. The van der Waals surface area contributed by atoms with Crippen molar-refractivity contribution in [2.24, 2.45) is 0 Å². The summed E-state index contributed by atoms with van der Waals surface area (Å²) in [6, 6.07) is 6.94. The highest BCUT2D eigenvalue weighted by atomic mass is 32.2. The largest absolute Gasteiger partial charge is 0.371 e. The third-order valence-electron chi connectivity index (χ3n) is 2.87. The molecule has 1 unspecified atom stereocenters. The zero-order chi connectivity index (χ0) is 11.5. The lowest BCUT2D eigenvalue weighted by molar-refractivity contribution is 0.624. The zero-order valence-corrected chi connectivity index (χ0v) is 9.93. The Hall–Kier alpha value is -1.21. The Bertz CT molecular complexity index is 422. The number of rotatable bonds is 2. The van der Waals surface area contributed by atoms with E-state index in [0.29, 0.717) is 11.6 Å². The smallest absolute Gasteiger partial charge is 0.126 e. The van der Waals surface area contributed by atoms with Crippen molar-refractivity contribution >= 4 is 17.4 Å². The van der Waals surface area contributed by atoms with Crippen molar-refractivity contribution in [2.45, 2.75) is 12.5 Å². The lowest BCUT2D eigenvalue weighted by Crippen LogP contribution is -2.31. The maximum atomic E-state index is 13.3. The number of hydrogen-bond acceptors (Lipinski definition) is 3. The van der Waals surface area contributed by atoms with Crippen molar-refractivity contribution in [1.29, 1.82) is 5.26 Å². The van der Waals surface area contributed by atoms with Crippen molar-refractivity contribution in [3.8, 4) is 6.07 Å². The molecule has 1 saturated heterocycles. The highest BCUT2D eigenvalue weighted by Crippen LogP contribution is 2.26. The van der Waals surface area contributed by atoms with Crippen LogP contribution in [0.2, 0.25) is 0 Å². The van der Waals surface area contributed by atoms with Crippen LogP contribution in [0, 0.1) is 17.1 Å². The van der Waals surface area contributed by atoms with Crippen LogP contribution in [0.1, 0.15) is 12.0 Å². The summed E-state index contributed by atoms with van der Waals surface area (Å²) in [6.07, 6.45) is 1.12. The number of hydrogen-bond donors (Lipinski definition) is 0. The van der Waals surface area contributed by atoms with Gasteiger partial charge in [-0.25, -0.2) is 4.39 Å². The number of nitriles is 1. The van der Waals surface area contributed by atoms with Gasteiger partial charge in [0.25, 0.3) is 0 Å². The molecule has 1 aromatic carbocycles. The highest BCUT2D eigenvalue weighted by Gasteiger charge is 2.20. The molecule has 2 rings (SSSR count). The van der Waals surface area contributed by atoms with Gasteiger partial charge in [-0.2, -0.15) is 17.0 Å². The van der Waals surface area contributed by atoms with Gasteiger partial charge in [0.05, 0.1) is 11.6 Å². The molecule has 0 N–H and O–H groups in total. The predicted molar refractivity (Wildman–Crippen MR) is 65.2 cm³/mol. The minimum atomic E-state index is -0.341. The Balaban J connectivity index is 2.25. The Labute approximate surface area is 99.1 Å². The van der Waals surface area contributed by atoms with Crippen LogP contribution in [-0.2, 0) is 0 Å². The number of nitrogens with zero attached hydrogens (tertiary/aromatic N) is 2. The van der Waals surface area contributed by atoms with Gasteiger partial charge < -0.3 is 4.90 Å². The maximum Gasteiger partial charge on any atom is 0.126 e. The molecule has 0 saturated carbocycles. The van der Waals surface area contributed by atoms with Crippen LogP contribution < -0.4 is 4.90 Å². The molecule has 0 radical (unpaired) electrons. The topological polar surface area (TPSA) is 27.0 Å². The molecule has 0 amide bonds. The molecule has 1 aromatic rings. The van der Waals surface area contributed by atoms with Crippen molar-refractivity contribution in [1.82, 2.24) is 0 Å². The molecule has 1 fully saturated rings. The fourth-order valence-corrected chi connectivity index (χ4v) is 3.15. The van der Waals surface area contributed by atoms with Gasteiger partial charge >= 0.3 is 0 Å². The number of halogens is 1. The van der Waals surface area contributed by atoms with E-state index in [1.807, 2.05) is 24.9 Å². The summed E-state index contributed by atoms with van der Waals surface area (Å²) < 4.78 is 13.3. The van der Waals surface area contributed by atoms with E-state index in [4.69, 9.17) is 5.26 Å². The van der Waals surface area contributed by atoms with E-state index in [9.17, 15) is 4.39 Å². The monoisotopic (exact) mass is 236 g/mol. The first-order chi connectivity index (χ1) is 7.70. The lowest BCUT2D eigenvalue weighted by Gasteiger charge is -2.26. The van der Waals surface area contributed by atoms with Crippen molar-refractivity contribution in [3.05, 3.63) is 29.6 Å². The second-order valence-electron chi connectivity index (χ2n) is 3.94. The molecule has 1 heterocycles. The quantitative estimate of drug-likeness (QED) is 0.790. The predicted octanol–water partition coefficient (Wildman–Crippen LogP) is 2.64. The van der Waals surface area contributed by atoms with Crippen LogP contribution in [-0.4, -0.2) is 24.6 Å². The Morgan fingerprint density at radius 2 is 2.31 bits per heavy atom. The summed E-state index contributed by atoms with van der Waals surface area (Å²) in [7, 11) is 1.96. The van der Waals surface area contributed by atoms with Crippen LogP contribution in [0.3, 0.4) is 0 Å². The van der Waals surface area contributed by atoms with E-state index in [1.165, 1.54) is 12.1 Å². The van der Waals surface area contributed by atoms with E-state index >= 15 is 0 Å². The molecule has 1 aliphatic rings. The van der Waals surface area contributed by atoms with E-state index in [1.54, 1.807) is 6.07 Å². The maximum absolute atomic E-state index is 13.3. The van der Waals surface area contributed by atoms with Crippen LogP contribution in [0.5, 0.6) is 0 Å². The molecule has 0 aliphatic carbocycles. The summed E-state index contributed by atoms with van der Waals surface area (Å²) in [5, 5.41) is 8.79. The van der Waals surface area contributed by atoms with E-state index in [0.717, 1.165) is 23.6 Å². The standard InChI is InChI=1S/C12H13FN2S/c1-15(11-2-3-16-8-11)12-5-9(7-14)4-10(13)6-12/h4-6,11H,2-3,8H2,1H3. The Morgan fingerprint density at radius 1 is 1.50 bits per heavy atom. The Kier molecular flexibility index (Phi) is 3.35. The minimum absolute atomic E-state index is 0.341. The van der Waals surface area contributed by atoms with Gasteiger partial charge in [-0.3, -0.25) is 0 Å². The molecule has 4 heteroatoms. The van der Waals surface area contributed by atoms with Crippen molar-refractivity contribution in [3.63, 3.8) is 0 Å². The third-order valence-corrected chi connectivity index (χ3v) is 4.02. The molecule has 0 bridgehead atoms. The number of thioether (sulfide) groups is 1. The van der Waals surface area contributed by atoms with Crippen molar-refractivity contribution < 1.29 is 4.39 Å². The summed E-state index contributed by atoms with van der Waals surface area (Å²) in [4.78, 5) is 2.07. The molecular weight excluding hydrogens is 223 g/mol. The second kappa shape index (κ2) is 4.75. The fourth-order valence-electron chi connectivity index (χ4n) is 1.88. The average Bonchev–Trinajstić information content (AvgIpc) is 2.80. The normalized spacial score (nSPS) is 19.4. The van der Waals surface area contributed by atoms with Crippen LogP contribution >= 0.6 is 11.8 Å². The first kappa shape index (κ1) is 11.3. The van der Waals surface area contributed by atoms with Gasteiger partial charge in [-0.1, -0.05) is 0 Å². The summed E-state index contributed by atoms with van der Waals surface area (Å²) in [5.74, 6) is 1.90. The zero-order valence-electron chi connectivity index (χ0n) is 9.11. The molecule has 1 atom stereocenters. The third kappa shape index (κ3) is 2.30. The van der Waals surface area contributed by atoms with Gasteiger partial charge in [-0.15, -0.1) is 0 Å². The summed E-state index contributed by atoms with van der Waals surface area (Å²) >= 11 is 1.92. The van der Waals surface area contributed by atoms with Gasteiger partial charge in [0.2, 0.25) is 0 Å². The van der Waals surface area contributed by atoms with Gasteiger partial charge in [0, 0.05) is 24.5 Å². The Morgan fingerprint density at radius 3 is 2.94 bits per heavy atom. The van der Waals surface area contributed by atoms with Gasteiger partial charge in [-0.05, 0) is 30.4 Å². The molecule has 0 spiro atoms. The van der Waals surface area contributed by atoms with Crippen LogP contribution in [0.25, 0.3) is 0 Å². The second-order valence-corrected chi connectivity index (χ2v) is 5.09. The van der Waals surface area contributed by atoms with Crippen LogP contribution in [0.15, 0.2) is 18.2 Å². The summed E-state index contributed by atoms with van der Waals surface area (Å²) in [6.45, 7) is 0. The molecule has 2 nitrogen and oxygen atoms in total.